The van der Waals surface area contributed by atoms with Gasteiger partial charge >= 0.3 is 5.97 Å². The first-order valence-electron chi connectivity index (χ1n) is 11.4. The molecule has 1 saturated carbocycles. The molecule has 35 heavy (non-hydrogen) atoms. The number of para-hydroxylation sites is 1. The van der Waals surface area contributed by atoms with Crippen molar-refractivity contribution >= 4 is 27.6 Å². The van der Waals surface area contributed by atoms with Crippen LogP contribution in [0.3, 0.4) is 0 Å². The van der Waals surface area contributed by atoms with E-state index in [9.17, 15) is 23.3 Å². The summed E-state index contributed by atoms with van der Waals surface area (Å²) in [6.45, 7) is 3.15. The molecule has 0 saturated heterocycles. The van der Waals surface area contributed by atoms with Crippen LogP contribution in [0, 0.1) is 11.3 Å². The molecule has 1 aliphatic carbocycles. The van der Waals surface area contributed by atoms with Crippen molar-refractivity contribution in [2.75, 3.05) is 24.5 Å². The molecule has 0 N–H and O–H groups in total. The zero-order valence-electron chi connectivity index (χ0n) is 19.7. The van der Waals surface area contributed by atoms with Gasteiger partial charge in [-0.05, 0) is 43.2 Å². The van der Waals surface area contributed by atoms with Gasteiger partial charge in [-0.25, -0.2) is 13.2 Å². The van der Waals surface area contributed by atoms with Gasteiger partial charge in [0.1, 0.15) is 5.54 Å². The van der Waals surface area contributed by atoms with Crippen LogP contribution in [-0.4, -0.2) is 50.9 Å². The van der Waals surface area contributed by atoms with Crippen molar-refractivity contribution < 1.29 is 22.7 Å². The van der Waals surface area contributed by atoms with Gasteiger partial charge in [-0.15, -0.1) is 6.58 Å². The molecule has 9 heteroatoms. The molecular formula is C26H29N3O5S. The third kappa shape index (κ3) is 5.72. The fraction of sp³-hybridized carbons (Fsp3) is 0.346. The third-order valence-corrected chi connectivity index (χ3v) is 8.02. The number of rotatable bonds is 9. The number of sulfonamides is 1. The van der Waals surface area contributed by atoms with Gasteiger partial charge in [-0.1, -0.05) is 49.6 Å². The molecule has 3 rings (SSSR count). The van der Waals surface area contributed by atoms with E-state index >= 15 is 0 Å². The number of nitrogens with zero attached hydrogens (tertiary/aromatic N) is 3. The maximum atomic E-state index is 13.3. The molecule has 0 atom stereocenters. The number of hydrogen-bond acceptors (Lipinski definition) is 6. The van der Waals surface area contributed by atoms with Crippen molar-refractivity contribution in [3.63, 3.8) is 0 Å². The number of carbonyl (C=O) groups excluding carboxylic acids is 2. The van der Waals surface area contributed by atoms with E-state index in [1.807, 2.05) is 0 Å². The molecule has 0 bridgehead atoms. The Morgan fingerprint density at radius 2 is 1.80 bits per heavy atom. The van der Waals surface area contributed by atoms with Crippen molar-refractivity contribution in [2.24, 2.45) is 0 Å². The van der Waals surface area contributed by atoms with E-state index in [1.165, 1.54) is 39.5 Å². The van der Waals surface area contributed by atoms with E-state index < -0.39 is 34.0 Å². The Hall–Kier alpha value is -3.64. The number of hydrogen-bond donors (Lipinski definition) is 0. The lowest BCUT2D eigenvalue weighted by atomic mass is 9.81. The van der Waals surface area contributed by atoms with E-state index in [0.717, 1.165) is 19.3 Å². The summed E-state index contributed by atoms with van der Waals surface area (Å²) in [6, 6.07) is 16.3. The van der Waals surface area contributed by atoms with Gasteiger partial charge in [0.2, 0.25) is 0 Å². The highest BCUT2D eigenvalue weighted by Gasteiger charge is 2.39. The molecule has 0 aromatic heterocycles. The lowest BCUT2D eigenvalue weighted by Gasteiger charge is -2.38. The summed E-state index contributed by atoms with van der Waals surface area (Å²) >= 11 is 0. The predicted octanol–water partition coefficient (Wildman–Crippen LogP) is 3.91. The average molecular weight is 496 g/mol. The van der Waals surface area contributed by atoms with Crippen molar-refractivity contribution in [3.05, 3.63) is 72.8 Å². The average Bonchev–Trinajstić information content (AvgIpc) is 2.90. The highest BCUT2D eigenvalue weighted by molar-refractivity contribution is 7.92. The molecule has 0 unspecified atom stereocenters. The minimum Gasteiger partial charge on any atom is -0.452 e. The SMILES string of the molecule is C=CCN(c1ccccc1)S(=O)(=O)c1cccc(C(=O)OCC(=O)N(C)C2(C#N)CCCCC2)c1. The van der Waals surface area contributed by atoms with E-state index in [2.05, 4.69) is 12.6 Å². The van der Waals surface area contributed by atoms with Gasteiger partial charge in [-0.2, -0.15) is 5.26 Å². The highest BCUT2D eigenvalue weighted by Crippen LogP contribution is 2.32. The van der Waals surface area contributed by atoms with Gasteiger partial charge in [0, 0.05) is 7.05 Å². The fourth-order valence-corrected chi connectivity index (χ4v) is 5.65. The molecule has 8 nitrogen and oxygen atoms in total. The van der Waals surface area contributed by atoms with Crippen LogP contribution in [0.25, 0.3) is 0 Å². The number of ether oxygens (including phenoxy) is 1. The second-order valence-electron chi connectivity index (χ2n) is 8.42. The van der Waals surface area contributed by atoms with Crippen LogP contribution in [-0.2, 0) is 19.6 Å². The largest absolute Gasteiger partial charge is 0.452 e. The van der Waals surface area contributed by atoms with E-state index in [0.29, 0.717) is 18.5 Å². The molecule has 1 amide bonds. The monoisotopic (exact) mass is 495 g/mol. The van der Waals surface area contributed by atoms with Crippen LogP contribution in [0.4, 0.5) is 5.69 Å². The lowest BCUT2D eigenvalue weighted by Crippen LogP contribution is -2.51. The number of carbonyl (C=O) groups is 2. The number of esters is 1. The summed E-state index contributed by atoms with van der Waals surface area (Å²) in [7, 11) is -2.45. The summed E-state index contributed by atoms with van der Waals surface area (Å²) < 4.78 is 33.0. The van der Waals surface area contributed by atoms with Gasteiger partial charge in [-0.3, -0.25) is 9.10 Å². The Morgan fingerprint density at radius 3 is 2.43 bits per heavy atom. The molecule has 2 aromatic carbocycles. The van der Waals surface area contributed by atoms with E-state index in [1.54, 1.807) is 37.4 Å². The predicted molar refractivity (Wildman–Crippen MR) is 132 cm³/mol. The second kappa shape index (κ2) is 11.2. The van der Waals surface area contributed by atoms with Gasteiger partial charge in [0.05, 0.1) is 28.8 Å². The lowest BCUT2D eigenvalue weighted by molar-refractivity contribution is -0.138. The van der Waals surface area contributed by atoms with Crippen molar-refractivity contribution in [1.29, 1.82) is 5.26 Å². The molecule has 1 aliphatic rings. The Balaban J connectivity index is 1.74. The summed E-state index contributed by atoms with van der Waals surface area (Å²) in [5, 5.41) is 9.67. The summed E-state index contributed by atoms with van der Waals surface area (Å²) in [4.78, 5) is 26.6. The van der Waals surface area contributed by atoms with Crippen LogP contribution >= 0.6 is 0 Å². The van der Waals surface area contributed by atoms with E-state index in [-0.39, 0.29) is 17.0 Å². The summed E-state index contributed by atoms with van der Waals surface area (Å²) in [6.07, 6.45) is 5.39. The Kier molecular flexibility index (Phi) is 8.30. The minimum atomic E-state index is -4.00. The second-order valence-corrected chi connectivity index (χ2v) is 10.3. The molecule has 0 aliphatic heterocycles. The first-order valence-corrected chi connectivity index (χ1v) is 12.8. The third-order valence-electron chi connectivity index (χ3n) is 6.23. The van der Waals surface area contributed by atoms with Crippen LogP contribution < -0.4 is 4.31 Å². The zero-order chi connectivity index (χ0) is 25.5. The Labute approximate surface area is 206 Å². The maximum absolute atomic E-state index is 13.3. The number of amides is 1. The minimum absolute atomic E-state index is 0.000746. The molecule has 184 valence electrons. The van der Waals surface area contributed by atoms with Gasteiger partial charge in [0.15, 0.2) is 6.61 Å². The van der Waals surface area contributed by atoms with Gasteiger partial charge in [0.25, 0.3) is 15.9 Å². The molecule has 0 spiro atoms. The number of anilines is 1. The number of benzene rings is 2. The van der Waals surface area contributed by atoms with Crippen molar-refractivity contribution in [2.45, 2.75) is 42.5 Å². The molecule has 0 radical (unpaired) electrons. The van der Waals surface area contributed by atoms with Crippen LogP contribution in [0.5, 0.6) is 0 Å². The quantitative estimate of drug-likeness (QED) is 0.386. The van der Waals surface area contributed by atoms with Crippen LogP contribution in [0.1, 0.15) is 42.5 Å². The fourth-order valence-electron chi connectivity index (χ4n) is 4.17. The molecule has 0 heterocycles. The topological polar surface area (TPSA) is 108 Å². The number of likely N-dealkylation sites (N-methyl/N-ethyl adjacent to an activating group) is 1. The van der Waals surface area contributed by atoms with Crippen LogP contribution in [0.2, 0.25) is 0 Å². The first kappa shape index (κ1) is 26.0. The van der Waals surface area contributed by atoms with Crippen molar-refractivity contribution in [1.82, 2.24) is 4.90 Å². The normalized spacial score (nSPS) is 14.9. The van der Waals surface area contributed by atoms with Crippen LogP contribution in [0.15, 0.2) is 72.1 Å². The first-order chi connectivity index (χ1) is 16.7. The molecule has 2 aromatic rings. The van der Waals surface area contributed by atoms with E-state index in [4.69, 9.17) is 4.74 Å². The zero-order valence-corrected chi connectivity index (χ0v) is 20.5. The Bertz CT molecular complexity index is 1220. The molecular weight excluding hydrogens is 466 g/mol. The summed E-state index contributed by atoms with van der Waals surface area (Å²) in [5.41, 5.74) is -0.425. The van der Waals surface area contributed by atoms with Gasteiger partial charge < -0.3 is 9.64 Å². The maximum Gasteiger partial charge on any atom is 0.338 e. The molecule has 1 fully saturated rings. The van der Waals surface area contributed by atoms with Crippen molar-refractivity contribution in [3.8, 4) is 6.07 Å². The smallest absolute Gasteiger partial charge is 0.338 e. The summed E-state index contributed by atoms with van der Waals surface area (Å²) in [5.74, 6) is -1.31. The Morgan fingerprint density at radius 1 is 1.11 bits per heavy atom. The number of nitriles is 1. The standard InChI is InChI=1S/C26H29N3O5S/c1-3-17-29(22-12-6-4-7-13-22)35(32,33)23-14-10-11-21(18-23)25(31)34-19-24(30)28(2)26(20-27)15-8-5-9-16-26/h3-4,6-7,10-14,18H,1,5,8-9,15-17,19H2,2H3. The highest BCUT2D eigenvalue weighted by atomic mass is 32.2.